The van der Waals surface area contributed by atoms with Gasteiger partial charge in [0, 0.05) is 0 Å². The van der Waals surface area contributed by atoms with E-state index in [1.165, 1.54) is 83.5 Å². The maximum Gasteiger partial charge on any atom is -0.0414 e. The summed E-state index contributed by atoms with van der Waals surface area (Å²) in [6.07, 6.45) is 18.8. The van der Waals surface area contributed by atoms with Gasteiger partial charge >= 0.3 is 0 Å². The van der Waals surface area contributed by atoms with Gasteiger partial charge in [-0.15, -0.1) is 0 Å². The van der Waals surface area contributed by atoms with Crippen molar-refractivity contribution in [3.8, 4) is 0 Å². The fraction of sp³-hybridized carbons (Fsp3) is 1.00. The molecule has 0 aromatic heterocycles. The number of rotatable bonds is 13. The van der Waals surface area contributed by atoms with Crippen molar-refractivity contribution < 1.29 is 0 Å². The van der Waals surface area contributed by atoms with Crippen LogP contribution < -0.4 is 0 Å². The monoisotopic (exact) mass is 240 g/mol. The summed E-state index contributed by atoms with van der Waals surface area (Å²) in [5.74, 6) is 1.04. The molecule has 0 saturated carbocycles. The van der Waals surface area contributed by atoms with Gasteiger partial charge in [0.15, 0.2) is 0 Å². The number of unbranched alkanes of at least 4 members (excludes halogenated alkanes) is 7. The molecule has 0 amide bonds. The molecule has 0 nitrogen and oxygen atoms in total. The Hall–Kier alpha value is 0. The minimum Gasteiger partial charge on any atom is -0.0654 e. The first-order valence-electron chi connectivity index (χ1n) is 8.35. The fourth-order valence-electron chi connectivity index (χ4n) is 2.72. The number of hydrogen-bond donors (Lipinski definition) is 0. The van der Waals surface area contributed by atoms with Crippen molar-refractivity contribution in [2.45, 2.75) is 104 Å². The predicted octanol–water partition coefficient (Wildman–Crippen LogP) is 6.73. The molecule has 0 rings (SSSR count). The van der Waals surface area contributed by atoms with Gasteiger partial charge < -0.3 is 0 Å². The lowest BCUT2D eigenvalue weighted by molar-refractivity contribution is 0.383. The average Bonchev–Trinajstić information content (AvgIpc) is 2.34. The molecule has 0 bridgehead atoms. The van der Waals surface area contributed by atoms with Crippen LogP contribution in [0.25, 0.3) is 0 Å². The molecule has 0 aromatic carbocycles. The van der Waals surface area contributed by atoms with Gasteiger partial charge in [0.05, 0.1) is 0 Å². The van der Waals surface area contributed by atoms with E-state index < -0.39 is 0 Å². The Morgan fingerprint density at radius 2 is 1.00 bits per heavy atom. The van der Waals surface area contributed by atoms with E-state index in [-0.39, 0.29) is 0 Å². The second kappa shape index (κ2) is 14.1. The molecule has 0 spiro atoms. The van der Waals surface area contributed by atoms with Gasteiger partial charge in [0.25, 0.3) is 0 Å². The molecule has 104 valence electrons. The summed E-state index contributed by atoms with van der Waals surface area (Å²) >= 11 is 0. The van der Waals surface area contributed by atoms with Crippen LogP contribution in [0, 0.1) is 5.92 Å². The quantitative estimate of drug-likeness (QED) is 0.313. The average molecular weight is 240 g/mol. The lowest BCUT2D eigenvalue weighted by Crippen LogP contribution is -2.00. The molecule has 17 heavy (non-hydrogen) atoms. The summed E-state index contributed by atoms with van der Waals surface area (Å²) in [7, 11) is 0. The number of hydrogen-bond acceptors (Lipinski definition) is 0. The molecule has 1 atom stereocenters. The van der Waals surface area contributed by atoms with Crippen molar-refractivity contribution in [2.24, 2.45) is 5.92 Å². The lowest BCUT2D eigenvalue weighted by atomic mass is 9.91. The van der Waals surface area contributed by atoms with Crippen LogP contribution in [0.3, 0.4) is 0 Å². The van der Waals surface area contributed by atoms with Crippen molar-refractivity contribution in [1.29, 1.82) is 0 Å². The largest absolute Gasteiger partial charge is 0.0654 e. The predicted molar refractivity (Wildman–Crippen MR) is 80.5 cm³/mol. The van der Waals surface area contributed by atoms with Crippen LogP contribution >= 0.6 is 0 Å². The maximum atomic E-state index is 2.34. The molecule has 0 saturated heterocycles. The van der Waals surface area contributed by atoms with Crippen molar-refractivity contribution in [3.63, 3.8) is 0 Å². The van der Waals surface area contributed by atoms with Gasteiger partial charge in [-0.05, 0) is 5.92 Å². The molecule has 0 aliphatic rings. The molecule has 0 aliphatic carbocycles. The van der Waals surface area contributed by atoms with Crippen molar-refractivity contribution in [2.75, 3.05) is 0 Å². The van der Waals surface area contributed by atoms with Gasteiger partial charge in [0.1, 0.15) is 0 Å². The summed E-state index contributed by atoms with van der Waals surface area (Å²) in [6, 6.07) is 0. The topological polar surface area (TPSA) is 0 Å². The van der Waals surface area contributed by atoms with Gasteiger partial charge in [-0.3, -0.25) is 0 Å². The minimum atomic E-state index is 1.04. The van der Waals surface area contributed by atoms with E-state index in [4.69, 9.17) is 0 Å². The Bertz CT molecular complexity index is 128. The van der Waals surface area contributed by atoms with E-state index in [1.54, 1.807) is 0 Å². The van der Waals surface area contributed by atoms with E-state index in [0.717, 1.165) is 5.92 Å². The van der Waals surface area contributed by atoms with Gasteiger partial charge in [0.2, 0.25) is 0 Å². The van der Waals surface area contributed by atoms with Crippen LogP contribution in [0.4, 0.5) is 0 Å². The summed E-state index contributed by atoms with van der Waals surface area (Å²) in [6.45, 7) is 6.95. The Balaban J connectivity index is 3.34. The molecular formula is C17H36. The first kappa shape index (κ1) is 17.0. The van der Waals surface area contributed by atoms with Gasteiger partial charge in [-0.1, -0.05) is 104 Å². The normalized spacial score (nSPS) is 12.9. The van der Waals surface area contributed by atoms with E-state index in [2.05, 4.69) is 20.8 Å². The molecule has 0 fully saturated rings. The highest BCUT2D eigenvalue weighted by Crippen LogP contribution is 2.22. The Labute approximate surface area is 111 Å². The molecular weight excluding hydrogens is 204 g/mol. The van der Waals surface area contributed by atoms with Crippen molar-refractivity contribution >= 4 is 0 Å². The highest BCUT2D eigenvalue weighted by molar-refractivity contribution is 4.59. The first-order valence-corrected chi connectivity index (χ1v) is 8.35. The standard InChI is InChI=1S/C17H36/c1-4-7-9-10-11-12-13-16-17(14-6-3)15-8-5-2/h17H,4-16H2,1-3H3. The second-order valence-corrected chi connectivity index (χ2v) is 5.71. The highest BCUT2D eigenvalue weighted by Gasteiger charge is 2.06. The van der Waals surface area contributed by atoms with Crippen LogP contribution in [0.5, 0.6) is 0 Å². The fourth-order valence-corrected chi connectivity index (χ4v) is 2.72. The van der Waals surface area contributed by atoms with Crippen LogP contribution in [0.1, 0.15) is 104 Å². The Morgan fingerprint density at radius 3 is 1.59 bits per heavy atom. The second-order valence-electron chi connectivity index (χ2n) is 5.71. The van der Waals surface area contributed by atoms with Crippen LogP contribution in [-0.4, -0.2) is 0 Å². The molecule has 0 aromatic rings. The zero-order valence-electron chi connectivity index (χ0n) is 12.8. The van der Waals surface area contributed by atoms with Crippen LogP contribution in [0.2, 0.25) is 0 Å². The Kier molecular flexibility index (Phi) is 14.1. The van der Waals surface area contributed by atoms with Crippen molar-refractivity contribution in [1.82, 2.24) is 0 Å². The zero-order valence-corrected chi connectivity index (χ0v) is 12.8. The summed E-state index contributed by atoms with van der Waals surface area (Å²) in [5, 5.41) is 0. The SMILES string of the molecule is CCCCCCCCCC(CCC)CCCC. The van der Waals surface area contributed by atoms with Gasteiger partial charge in [-0.25, -0.2) is 0 Å². The third-order valence-corrected chi connectivity index (χ3v) is 3.88. The van der Waals surface area contributed by atoms with E-state index in [0.29, 0.717) is 0 Å². The summed E-state index contributed by atoms with van der Waals surface area (Å²) < 4.78 is 0. The van der Waals surface area contributed by atoms with Crippen LogP contribution in [0.15, 0.2) is 0 Å². The third-order valence-electron chi connectivity index (χ3n) is 3.88. The molecule has 0 heterocycles. The minimum absolute atomic E-state index is 1.04. The third kappa shape index (κ3) is 12.2. The molecule has 0 heteroatoms. The lowest BCUT2D eigenvalue weighted by Gasteiger charge is -2.15. The zero-order chi connectivity index (χ0) is 12.8. The summed E-state index contributed by atoms with van der Waals surface area (Å²) in [4.78, 5) is 0. The summed E-state index contributed by atoms with van der Waals surface area (Å²) in [5.41, 5.74) is 0. The van der Waals surface area contributed by atoms with Crippen LogP contribution in [-0.2, 0) is 0 Å². The van der Waals surface area contributed by atoms with Crippen molar-refractivity contribution in [3.05, 3.63) is 0 Å². The van der Waals surface area contributed by atoms with E-state index in [1.807, 2.05) is 0 Å². The smallest absolute Gasteiger partial charge is 0.0414 e. The molecule has 0 radical (unpaired) electrons. The first-order chi connectivity index (χ1) is 8.35. The van der Waals surface area contributed by atoms with E-state index in [9.17, 15) is 0 Å². The molecule has 0 aliphatic heterocycles. The highest BCUT2D eigenvalue weighted by atomic mass is 14.1. The molecule has 0 N–H and O–H groups in total. The maximum absolute atomic E-state index is 2.34. The Morgan fingerprint density at radius 1 is 0.471 bits per heavy atom. The molecule has 1 unspecified atom stereocenters. The van der Waals surface area contributed by atoms with Gasteiger partial charge in [-0.2, -0.15) is 0 Å². The van der Waals surface area contributed by atoms with E-state index >= 15 is 0 Å².